The van der Waals surface area contributed by atoms with Crippen LogP contribution >= 0.6 is 0 Å². The Labute approximate surface area is 109 Å². The van der Waals surface area contributed by atoms with Crippen molar-refractivity contribution in [3.63, 3.8) is 0 Å². The van der Waals surface area contributed by atoms with Crippen molar-refractivity contribution in [3.8, 4) is 11.1 Å². The molecule has 0 radical (unpaired) electrons. The van der Waals surface area contributed by atoms with Crippen LogP contribution in [0, 0.1) is 0 Å². The molecule has 2 aliphatic carbocycles. The van der Waals surface area contributed by atoms with Crippen LogP contribution in [-0.2, 0) is 0 Å². The van der Waals surface area contributed by atoms with Crippen LogP contribution < -0.4 is 0 Å². The van der Waals surface area contributed by atoms with Crippen molar-refractivity contribution >= 4 is 0 Å². The molecule has 90 valence electrons. The summed E-state index contributed by atoms with van der Waals surface area (Å²) < 4.78 is 0. The highest BCUT2D eigenvalue weighted by Crippen LogP contribution is 2.51. The van der Waals surface area contributed by atoms with E-state index in [9.17, 15) is 0 Å². The average molecular weight is 234 g/mol. The Morgan fingerprint density at radius 2 is 1.50 bits per heavy atom. The highest BCUT2D eigenvalue weighted by atomic mass is 14.4. The zero-order valence-electron chi connectivity index (χ0n) is 10.6. The Hall–Kier alpha value is -1.56. The summed E-state index contributed by atoms with van der Waals surface area (Å²) in [7, 11) is 0. The molecule has 18 heavy (non-hydrogen) atoms. The van der Waals surface area contributed by atoms with Gasteiger partial charge in [-0.15, -0.1) is 0 Å². The van der Waals surface area contributed by atoms with Crippen LogP contribution in [0.15, 0.2) is 48.5 Å². The lowest BCUT2D eigenvalue weighted by Crippen LogP contribution is -2.01. The van der Waals surface area contributed by atoms with Crippen molar-refractivity contribution in [3.05, 3.63) is 59.7 Å². The lowest BCUT2D eigenvalue weighted by Gasteiger charge is -2.18. The largest absolute Gasteiger partial charge is 0.0622 e. The molecule has 2 atom stereocenters. The van der Waals surface area contributed by atoms with Gasteiger partial charge in [0.05, 0.1) is 0 Å². The molecule has 0 aromatic heterocycles. The van der Waals surface area contributed by atoms with E-state index in [1.165, 1.54) is 36.8 Å². The molecule has 0 heterocycles. The first kappa shape index (κ1) is 10.4. The fourth-order valence-electron chi connectivity index (χ4n) is 3.86. The Kier molecular flexibility index (Phi) is 2.29. The Morgan fingerprint density at radius 3 is 2.33 bits per heavy atom. The zero-order chi connectivity index (χ0) is 11.9. The molecule has 2 aromatic rings. The predicted octanol–water partition coefficient (Wildman–Crippen LogP) is 5.11. The molecule has 0 saturated heterocycles. The highest BCUT2D eigenvalue weighted by molar-refractivity contribution is 5.66. The summed E-state index contributed by atoms with van der Waals surface area (Å²) in [5.41, 5.74) is 6.04. The van der Waals surface area contributed by atoms with Crippen molar-refractivity contribution in [1.29, 1.82) is 0 Å². The summed E-state index contributed by atoms with van der Waals surface area (Å²) in [6.45, 7) is 0. The van der Waals surface area contributed by atoms with Gasteiger partial charge in [0, 0.05) is 0 Å². The summed E-state index contributed by atoms with van der Waals surface area (Å²) in [4.78, 5) is 0. The minimum absolute atomic E-state index is 0.849. The van der Waals surface area contributed by atoms with E-state index >= 15 is 0 Å². The Balaban J connectivity index is 1.81. The smallest absolute Gasteiger partial charge is 0.0153 e. The third-order valence-electron chi connectivity index (χ3n) is 4.75. The fourth-order valence-corrected chi connectivity index (χ4v) is 3.86. The second kappa shape index (κ2) is 3.98. The third-order valence-corrected chi connectivity index (χ3v) is 4.75. The van der Waals surface area contributed by atoms with Gasteiger partial charge in [-0.25, -0.2) is 0 Å². The molecule has 0 nitrogen and oxygen atoms in total. The number of benzene rings is 2. The van der Waals surface area contributed by atoms with Gasteiger partial charge in [0.15, 0.2) is 0 Å². The molecular formula is C18H18. The van der Waals surface area contributed by atoms with Crippen LogP contribution in [0.2, 0.25) is 0 Å². The van der Waals surface area contributed by atoms with Gasteiger partial charge in [-0.2, -0.15) is 0 Å². The molecule has 0 N–H and O–H groups in total. The molecule has 0 aliphatic heterocycles. The van der Waals surface area contributed by atoms with Crippen LogP contribution in [0.5, 0.6) is 0 Å². The zero-order valence-corrected chi connectivity index (χ0v) is 10.6. The van der Waals surface area contributed by atoms with E-state index in [4.69, 9.17) is 0 Å². The third kappa shape index (κ3) is 1.52. The molecule has 0 amide bonds. The first-order chi connectivity index (χ1) is 8.92. The topological polar surface area (TPSA) is 0 Å². The molecule has 1 fully saturated rings. The monoisotopic (exact) mass is 234 g/mol. The van der Waals surface area contributed by atoms with E-state index in [-0.39, 0.29) is 0 Å². The number of rotatable bonds is 1. The normalized spacial score (nSPS) is 24.9. The first-order valence-electron chi connectivity index (χ1n) is 7.11. The molecule has 2 aromatic carbocycles. The maximum Gasteiger partial charge on any atom is -0.0153 e. The van der Waals surface area contributed by atoms with Crippen molar-refractivity contribution in [1.82, 2.24) is 0 Å². The Morgan fingerprint density at radius 1 is 0.722 bits per heavy atom. The van der Waals surface area contributed by atoms with E-state index in [2.05, 4.69) is 48.5 Å². The number of hydrogen-bond donors (Lipinski definition) is 0. The van der Waals surface area contributed by atoms with Crippen LogP contribution in [-0.4, -0.2) is 0 Å². The van der Waals surface area contributed by atoms with Crippen molar-refractivity contribution in [2.45, 2.75) is 37.5 Å². The minimum atomic E-state index is 0.849. The van der Waals surface area contributed by atoms with Crippen LogP contribution in [0.25, 0.3) is 11.1 Å². The van der Waals surface area contributed by atoms with Crippen molar-refractivity contribution in [2.75, 3.05) is 0 Å². The lowest BCUT2D eigenvalue weighted by atomic mass is 9.87. The van der Waals surface area contributed by atoms with Gasteiger partial charge in [-0.3, -0.25) is 0 Å². The summed E-state index contributed by atoms with van der Waals surface area (Å²) >= 11 is 0. The standard InChI is InChI=1S/C18H18/c1-2-5-13(6-3-1)14-9-10-17-15-7-4-8-16(11-15)18(17)12-14/h1-3,5-6,9-10,12,15-16H,4,7-8,11H2. The second-order valence-electron chi connectivity index (χ2n) is 5.77. The number of fused-ring (bicyclic) bond motifs is 5. The second-order valence-corrected chi connectivity index (χ2v) is 5.77. The average Bonchev–Trinajstić information content (AvgIpc) is 2.71. The first-order valence-corrected chi connectivity index (χ1v) is 7.11. The van der Waals surface area contributed by atoms with Gasteiger partial charge in [0.1, 0.15) is 0 Å². The fraction of sp³-hybridized carbons (Fsp3) is 0.333. The van der Waals surface area contributed by atoms with Crippen LogP contribution in [0.3, 0.4) is 0 Å². The van der Waals surface area contributed by atoms with E-state index in [0.717, 1.165) is 11.8 Å². The quantitative estimate of drug-likeness (QED) is 0.643. The van der Waals surface area contributed by atoms with E-state index in [0.29, 0.717) is 0 Å². The van der Waals surface area contributed by atoms with E-state index in [1.54, 1.807) is 11.1 Å². The molecule has 4 rings (SSSR count). The van der Waals surface area contributed by atoms with Gasteiger partial charge < -0.3 is 0 Å². The van der Waals surface area contributed by atoms with Crippen molar-refractivity contribution < 1.29 is 0 Å². The lowest BCUT2D eigenvalue weighted by molar-refractivity contribution is 0.435. The molecule has 0 spiro atoms. The summed E-state index contributed by atoms with van der Waals surface area (Å²) in [6.07, 6.45) is 5.65. The van der Waals surface area contributed by atoms with E-state index < -0.39 is 0 Å². The van der Waals surface area contributed by atoms with E-state index in [1.807, 2.05) is 0 Å². The summed E-state index contributed by atoms with van der Waals surface area (Å²) in [5, 5.41) is 0. The molecule has 2 bridgehead atoms. The molecule has 2 aliphatic rings. The van der Waals surface area contributed by atoms with Gasteiger partial charge in [0.25, 0.3) is 0 Å². The van der Waals surface area contributed by atoms with Gasteiger partial charge in [-0.1, -0.05) is 55.0 Å². The Bertz CT molecular complexity index is 568. The SMILES string of the molecule is c1ccc(-c2ccc3c(c2)C2CCCC3C2)cc1. The number of hydrogen-bond acceptors (Lipinski definition) is 0. The minimum Gasteiger partial charge on any atom is -0.0622 e. The highest BCUT2D eigenvalue weighted by Gasteiger charge is 2.33. The van der Waals surface area contributed by atoms with Crippen LogP contribution in [0.1, 0.15) is 48.6 Å². The molecular weight excluding hydrogens is 216 g/mol. The maximum absolute atomic E-state index is 2.46. The molecule has 1 saturated carbocycles. The molecule has 0 heteroatoms. The predicted molar refractivity (Wildman–Crippen MR) is 75.8 cm³/mol. The molecule has 2 unspecified atom stereocenters. The van der Waals surface area contributed by atoms with Crippen molar-refractivity contribution in [2.24, 2.45) is 0 Å². The van der Waals surface area contributed by atoms with Gasteiger partial charge in [-0.05, 0) is 53.4 Å². The summed E-state index contributed by atoms with van der Waals surface area (Å²) in [5.74, 6) is 1.71. The summed E-state index contributed by atoms with van der Waals surface area (Å²) in [6, 6.07) is 17.9. The van der Waals surface area contributed by atoms with Gasteiger partial charge >= 0.3 is 0 Å². The maximum atomic E-state index is 2.46. The van der Waals surface area contributed by atoms with Gasteiger partial charge in [0.2, 0.25) is 0 Å². The van der Waals surface area contributed by atoms with Crippen LogP contribution in [0.4, 0.5) is 0 Å².